The van der Waals surface area contributed by atoms with Gasteiger partial charge in [0, 0.05) is 5.56 Å². The number of ether oxygens (including phenoxy) is 2. The Hall–Kier alpha value is -2.97. The number of halogens is 5. The Balaban J connectivity index is 2.27. The molecule has 2 aromatic rings. The van der Waals surface area contributed by atoms with Gasteiger partial charge in [-0.3, -0.25) is 9.59 Å². The highest BCUT2D eigenvalue weighted by Crippen LogP contribution is 2.28. The number of ketones is 1. The molecule has 0 aliphatic heterocycles. The van der Waals surface area contributed by atoms with Crippen LogP contribution in [0.3, 0.4) is 0 Å². The van der Waals surface area contributed by atoms with E-state index in [1.54, 1.807) is 0 Å². The van der Waals surface area contributed by atoms with E-state index in [1.807, 2.05) is 0 Å². The first-order chi connectivity index (χ1) is 13.6. The van der Waals surface area contributed by atoms with Crippen molar-refractivity contribution < 1.29 is 41.0 Å². The van der Waals surface area contributed by atoms with Gasteiger partial charge in [0.05, 0.1) is 6.61 Å². The van der Waals surface area contributed by atoms with Crippen LogP contribution in [0.5, 0.6) is 5.75 Å². The Kier molecular flexibility index (Phi) is 7.30. The second-order valence-electron chi connectivity index (χ2n) is 5.99. The molecule has 0 saturated carbocycles. The van der Waals surface area contributed by atoms with Crippen molar-refractivity contribution in [2.45, 2.75) is 25.9 Å². The summed E-state index contributed by atoms with van der Waals surface area (Å²) in [6, 6.07) is 9.25. The van der Waals surface area contributed by atoms with Crippen molar-refractivity contribution in [3.05, 3.63) is 65.5 Å². The molecule has 1 atom stereocenters. The Morgan fingerprint density at radius 2 is 1.72 bits per heavy atom. The second-order valence-corrected chi connectivity index (χ2v) is 5.99. The first-order valence-corrected chi connectivity index (χ1v) is 8.54. The molecule has 0 aliphatic carbocycles. The fraction of sp³-hybridized carbons (Fsp3) is 0.300. The summed E-state index contributed by atoms with van der Waals surface area (Å²) < 4.78 is 72.8. The smallest absolute Gasteiger partial charge is 0.461 e. The number of alkyl halides is 4. The lowest BCUT2D eigenvalue weighted by Gasteiger charge is -2.18. The van der Waals surface area contributed by atoms with Crippen LogP contribution in [-0.4, -0.2) is 30.9 Å². The molecule has 0 amide bonds. The average Bonchev–Trinajstić information content (AvgIpc) is 2.66. The molecule has 0 saturated heterocycles. The fourth-order valence-electron chi connectivity index (χ4n) is 2.51. The Morgan fingerprint density at radius 3 is 2.31 bits per heavy atom. The molecule has 0 aliphatic rings. The topological polar surface area (TPSA) is 52.6 Å². The second kappa shape index (κ2) is 9.49. The van der Waals surface area contributed by atoms with Gasteiger partial charge in [0.2, 0.25) is 0 Å². The Morgan fingerprint density at radius 1 is 1.07 bits per heavy atom. The van der Waals surface area contributed by atoms with Crippen LogP contribution in [0.1, 0.15) is 22.8 Å². The normalized spacial score (nSPS) is 12.5. The molecule has 0 bridgehead atoms. The highest BCUT2D eigenvalue weighted by molar-refractivity contribution is 6.08. The van der Waals surface area contributed by atoms with E-state index in [1.165, 1.54) is 31.2 Å². The largest absolute Gasteiger partial charge is 0.465 e. The summed E-state index contributed by atoms with van der Waals surface area (Å²) in [6.07, 6.45) is -8.98. The maximum absolute atomic E-state index is 13.1. The molecule has 2 aromatic carbocycles. The highest BCUT2D eigenvalue weighted by atomic mass is 19.3. The third kappa shape index (κ3) is 6.00. The molecular weight excluding hydrogens is 399 g/mol. The summed E-state index contributed by atoms with van der Waals surface area (Å²) in [4.78, 5) is 25.0. The van der Waals surface area contributed by atoms with Crippen molar-refractivity contribution in [1.82, 2.24) is 0 Å². The third-order valence-electron chi connectivity index (χ3n) is 3.86. The number of hydrogen-bond donors (Lipinski definition) is 0. The van der Waals surface area contributed by atoms with Gasteiger partial charge in [0.1, 0.15) is 17.5 Å². The van der Waals surface area contributed by atoms with Crippen LogP contribution in [0.15, 0.2) is 48.5 Å². The SMILES string of the molecule is CCOC(=O)C(Cc1cccc(OC(F)(F)C(F)F)c1)C(=O)c1ccc(F)cc1. The monoisotopic (exact) mass is 416 g/mol. The van der Waals surface area contributed by atoms with Gasteiger partial charge in [0.15, 0.2) is 5.78 Å². The number of esters is 1. The van der Waals surface area contributed by atoms with Gasteiger partial charge in [-0.25, -0.2) is 4.39 Å². The molecule has 0 N–H and O–H groups in total. The maximum atomic E-state index is 13.1. The van der Waals surface area contributed by atoms with Gasteiger partial charge in [-0.2, -0.15) is 17.6 Å². The molecule has 156 valence electrons. The van der Waals surface area contributed by atoms with E-state index in [2.05, 4.69) is 4.74 Å². The lowest BCUT2D eigenvalue weighted by Crippen LogP contribution is -2.33. The van der Waals surface area contributed by atoms with E-state index < -0.39 is 41.8 Å². The van der Waals surface area contributed by atoms with Crippen molar-refractivity contribution in [1.29, 1.82) is 0 Å². The molecule has 0 aromatic heterocycles. The fourth-order valence-corrected chi connectivity index (χ4v) is 2.51. The van der Waals surface area contributed by atoms with Gasteiger partial charge < -0.3 is 9.47 Å². The van der Waals surface area contributed by atoms with Crippen LogP contribution < -0.4 is 4.74 Å². The average molecular weight is 416 g/mol. The number of rotatable bonds is 9. The van der Waals surface area contributed by atoms with Crippen molar-refractivity contribution in [2.75, 3.05) is 6.61 Å². The molecule has 0 heterocycles. The molecule has 0 fully saturated rings. The molecule has 0 spiro atoms. The molecule has 0 radical (unpaired) electrons. The summed E-state index contributed by atoms with van der Waals surface area (Å²) in [5, 5.41) is 0. The minimum absolute atomic E-state index is 0.00417. The van der Waals surface area contributed by atoms with Crippen LogP contribution >= 0.6 is 0 Å². The van der Waals surface area contributed by atoms with Crippen LogP contribution in [0.25, 0.3) is 0 Å². The van der Waals surface area contributed by atoms with Gasteiger partial charge >= 0.3 is 18.5 Å². The van der Waals surface area contributed by atoms with Crippen LogP contribution in [0.2, 0.25) is 0 Å². The van der Waals surface area contributed by atoms with E-state index >= 15 is 0 Å². The van der Waals surface area contributed by atoms with Crippen LogP contribution in [0, 0.1) is 11.7 Å². The minimum Gasteiger partial charge on any atom is -0.465 e. The van der Waals surface area contributed by atoms with Gasteiger partial charge in [-0.15, -0.1) is 0 Å². The lowest BCUT2D eigenvalue weighted by molar-refractivity contribution is -0.253. The first-order valence-electron chi connectivity index (χ1n) is 8.54. The molecule has 4 nitrogen and oxygen atoms in total. The number of carbonyl (C=O) groups excluding carboxylic acids is 2. The molecule has 29 heavy (non-hydrogen) atoms. The number of hydrogen-bond acceptors (Lipinski definition) is 4. The van der Waals surface area contributed by atoms with Gasteiger partial charge in [0.25, 0.3) is 0 Å². The summed E-state index contributed by atoms with van der Waals surface area (Å²) in [5.41, 5.74) is 0.266. The van der Waals surface area contributed by atoms with Crippen molar-refractivity contribution in [3.8, 4) is 5.75 Å². The molecular formula is C20H17F5O4. The minimum atomic E-state index is -4.69. The summed E-state index contributed by atoms with van der Waals surface area (Å²) in [6.45, 7) is 1.54. The van der Waals surface area contributed by atoms with E-state index in [0.29, 0.717) is 0 Å². The van der Waals surface area contributed by atoms with E-state index in [4.69, 9.17) is 4.74 Å². The van der Waals surface area contributed by atoms with Crippen LogP contribution in [0.4, 0.5) is 22.0 Å². The standard InChI is InChI=1S/C20H17F5O4/c1-2-28-18(27)16(17(26)13-6-8-14(21)9-7-13)11-12-4-3-5-15(10-12)29-20(24,25)19(22)23/h3-10,16,19H,2,11H2,1H3. The van der Waals surface area contributed by atoms with Crippen LogP contribution in [-0.2, 0) is 16.0 Å². The van der Waals surface area contributed by atoms with Gasteiger partial charge in [-0.05, 0) is 55.3 Å². The van der Waals surface area contributed by atoms with Crippen molar-refractivity contribution in [2.24, 2.45) is 5.92 Å². The quantitative estimate of drug-likeness (QED) is 0.258. The summed E-state index contributed by atoms with van der Waals surface area (Å²) in [5.74, 6) is -3.98. The third-order valence-corrected chi connectivity index (χ3v) is 3.86. The van der Waals surface area contributed by atoms with Crippen molar-refractivity contribution in [3.63, 3.8) is 0 Å². The zero-order valence-corrected chi connectivity index (χ0v) is 15.2. The molecule has 9 heteroatoms. The van der Waals surface area contributed by atoms with E-state index in [-0.39, 0.29) is 24.2 Å². The maximum Gasteiger partial charge on any atom is 0.461 e. The number of benzene rings is 2. The lowest BCUT2D eigenvalue weighted by atomic mass is 9.91. The number of carbonyl (C=O) groups is 2. The Bertz CT molecular complexity index is 852. The summed E-state index contributed by atoms with van der Waals surface area (Å²) in [7, 11) is 0. The predicted molar refractivity (Wildman–Crippen MR) is 92.6 cm³/mol. The van der Waals surface area contributed by atoms with E-state index in [9.17, 15) is 31.5 Å². The zero-order chi connectivity index (χ0) is 21.6. The first kappa shape index (κ1) is 22.3. The Labute approximate surface area is 163 Å². The van der Waals surface area contributed by atoms with Gasteiger partial charge in [-0.1, -0.05) is 12.1 Å². The molecule has 2 rings (SSSR count). The summed E-state index contributed by atoms with van der Waals surface area (Å²) >= 11 is 0. The molecule has 1 unspecified atom stereocenters. The van der Waals surface area contributed by atoms with Crippen molar-refractivity contribution >= 4 is 11.8 Å². The number of Topliss-reactive ketones (excluding diaryl/α,β-unsaturated/α-hetero) is 1. The highest BCUT2D eigenvalue weighted by Gasteiger charge is 2.44. The van der Waals surface area contributed by atoms with E-state index in [0.717, 1.165) is 24.3 Å². The zero-order valence-electron chi connectivity index (χ0n) is 15.2. The predicted octanol–water partition coefficient (Wildman–Crippen LogP) is 4.67.